The Morgan fingerprint density at radius 2 is 1.91 bits per heavy atom. The first-order chi connectivity index (χ1) is 11.2. The molecular weight excluding hydrogens is 286 g/mol. The van der Waals surface area contributed by atoms with Crippen LogP contribution in [0.25, 0.3) is 0 Å². The van der Waals surface area contributed by atoms with E-state index in [2.05, 4.69) is 36.5 Å². The van der Waals surface area contributed by atoms with E-state index >= 15 is 0 Å². The molecule has 23 heavy (non-hydrogen) atoms. The minimum Gasteiger partial charge on any atom is -0.484 e. The van der Waals surface area contributed by atoms with E-state index < -0.39 is 0 Å². The fourth-order valence-corrected chi connectivity index (χ4v) is 3.00. The molecule has 0 spiro atoms. The van der Waals surface area contributed by atoms with Crippen molar-refractivity contribution in [1.29, 1.82) is 0 Å². The van der Waals surface area contributed by atoms with Crippen LogP contribution < -0.4 is 10.1 Å². The molecule has 0 aliphatic heterocycles. The summed E-state index contributed by atoms with van der Waals surface area (Å²) < 4.78 is 5.62. The summed E-state index contributed by atoms with van der Waals surface area (Å²) in [5, 5.41) is 2.94. The predicted molar refractivity (Wildman–Crippen MR) is 91.8 cm³/mol. The Morgan fingerprint density at radius 3 is 2.74 bits per heavy atom. The Balaban J connectivity index is 1.45. The van der Waals surface area contributed by atoms with Gasteiger partial charge in [-0.25, -0.2) is 0 Å². The van der Waals surface area contributed by atoms with Crippen molar-refractivity contribution in [3.05, 3.63) is 65.2 Å². The Morgan fingerprint density at radius 1 is 1.13 bits per heavy atom. The van der Waals surface area contributed by atoms with Crippen molar-refractivity contribution < 1.29 is 9.53 Å². The van der Waals surface area contributed by atoms with Gasteiger partial charge in [0.25, 0.3) is 5.91 Å². The number of hydrogen-bond acceptors (Lipinski definition) is 2. The van der Waals surface area contributed by atoms with E-state index in [1.54, 1.807) is 0 Å². The highest BCUT2D eigenvalue weighted by atomic mass is 16.5. The molecule has 3 rings (SSSR count). The number of benzene rings is 2. The van der Waals surface area contributed by atoms with E-state index in [1.807, 2.05) is 24.3 Å². The zero-order valence-corrected chi connectivity index (χ0v) is 13.5. The number of ether oxygens (including phenoxy) is 1. The van der Waals surface area contributed by atoms with Gasteiger partial charge in [0.1, 0.15) is 5.75 Å². The standard InChI is InChI=1S/C20H23NO2/c1-15(16-6-3-2-4-7-16)13-21-20(22)14-23-19-11-10-17-8-5-9-18(17)12-19/h2-4,6-7,10-12,15H,5,8-9,13-14H2,1H3,(H,21,22)/t15-/m1/s1. The van der Waals surface area contributed by atoms with E-state index in [9.17, 15) is 4.79 Å². The van der Waals surface area contributed by atoms with Crippen LogP contribution in [-0.2, 0) is 17.6 Å². The second-order valence-corrected chi connectivity index (χ2v) is 6.19. The van der Waals surface area contributed by atoms with E-state index in [-0.39, 0.29) is 12.5 Å². The summed E-state index contributed by atoms with van der Waals surface area (Å²) in [7, 11) is 0. The molecule has 2 aromatic carbocycles. The molecule has 0 fully saturated rings. The van der Waals surface area contributed by atoms with Crippen LogP contribution in [0, 0.1) is 0 Å². The van der Waals surface area contributed by atoms with Crippen LogP contribution in [0.3, 0.4) is 0 Å². The van der Waals surface area contributed by atoms with Gasteiger partial charge in [-0.05, 0) is 54.0 Å². The second kappa shape index (κ2) is 7.32. The van der Waals surface area contributed by atoms with Crippen LogP contribution in [0.15, 0.2) is 48.5 Å². The number of amides is 1. The van der Waals surface area contributed by atoms with Crippen LogP contribution in [0.4, 0.5) is 0 Å². The molecule has 1 aliphatic rings. The Labute approximate surface area is 137 Å². The van der Waals surface area contributed by atoms with Gasteiger partial charge in [-0.15, -0.1) is 0 Å². The summed E-state index contributed by atoms with van der Waals surface area (Å²) in [6, 6.07) is 16.4. The minimum absolute atomic E-state index is 0.0697. The zero-order valence-electron chi connectivity index (χ0n) is 13.5. The molecule has 0 saturated carbocycles. The lowest BCUT2D eigenvalue weighted by Gasteiger charge is -2.13. The average Bonchev–Trinajstić information content (AvgIpc) is 3.06. The summed E-state index contributed by atoms with van der Waals surface area (Å²) >= 11 is 0. The Hall–Kier alpha value is -2.29. The maximum absolute atomic E-state index is 11.9. The van der Waals surface area contributed by atoms with Crippen molar-refractivity contribution in [3.8, 4) is 5.75 Å². The molecule has 3 nitrogen and oxygen atoms in total. The van der Waals surface area contributed by atoms with Crippen LogP contribution in [0.5, 0.6) is 5.75 Å². The van der Waals surface area contributed by atoms with Crippen LogP contribution in [0.2, 0.25) is 0 Å². The quantitative estimate of drug-likeness (QED) is 0.887. The third kappa shape index (κ3) is 4.13. The number of carbonyl (C=O) groups is 1. The van der Waals surface area contributed by atoms with Gasteiger partial charge < -0.3 is 10.1 Å². The fourth-order valence-electron chi connectivity index (χ4n) is 3.00. The Bertz CT molecular complexity index is 667. The lowest BCUT2D eigenvalue weighted by atomic mass is 10.0. The van der Waals surface area contributed by atoms with Crippen molar-refractivity contribution in [2.24, 2.45) is 0 Å². The topological polar surface area (TPSA) is 38.3 Å². The lowest BCUT2D eigenvalue weighted by molar-refractivity contribution is -0.123. The molecule has 3 heteroatoms. The Kier molecular flexibility index (Phi) is 4.96. The number of aryl methyl sites for hydroxylation is 2. The van der Waals surface area contributed by atoms with Gasteiger partial charge in [-0.2, -0.15) is 0 Å². The number of hydrogen-bond donors (Lipinski definition) is 1. The van der Waals surface area contributed by atoms with Gasteiger partial charge >= 0.3 is 0 Å². The third-order valence-electron chi connectivity index (χ3n) is 4.41. The summed E-state index contributed by atoms with van der Waals surface area (Å²) in [5.74, 6) is 1.00. The molecule has 1 aliphatic carbocycles. The molecule has 1 amide bonds. The number of nitrogens with one attached hydrogen (secondary N) is 1. The van der Waals surface area contributed by atoms with Crippen LogP contribution in [-0.4, -0.2) is 19.1 Å². The number of fused-ring (bicyclic) bond motifs is 1. The molecule has 0 radical (unpaired) electrons. The van der Waals surface area contributed by atoms with Crippen molar-refractivity contribution in [2.75, 3.05) is 13.2 Å². The molecule has 0 aromatic heterocycles. The van der Waals surface area contributed by atoms with E-state index in [4.69, 9.17) is 4.74 Å². The van der Waals surface area contributed by atoms with Crippen LogP contribution in [0.1, 0.15) is 36.0 Å². The normalized spacial score (nSPS) is 14.1. The first-order valence-corrected chi connectivity index (χ1v) is 8.28. The smallest absolute Gasteiger partial charge is 0.257 e. The first kappa shape index (κ1) is 15.6. The highest BCUT2D eigenvalue weighted by molar-refractivity contribution is 5.77. The number of carbonyl (C=O) groups excluding carboxylic acids is 1. The van der Waals surface area contributed by atoms with Crippen molar-refractivity contribution >= 4 is 5.91 Å². The second-order valence-electron chi connectivity index (χ2n) is 6.19. The van der Waals surface area contributed by atoms with Gasteiger partial charge in [-0.1, -0.05) is 43.3 Å². The molecule has 0 saturated heterocycles. The predicted octanol–water partition coefficient (Wildman–Crippen LogP) is 3.47. The average molecular weight is 309 g/mol. The minimum atomic E-state index is -0.0757. The SMILES string of the molecule is C[C@H](CNC(=O)COc1ccc2c(c1)CCC2)c1ccccc1. The lowest BCUT2D eigenvalue weighted by Crippen LogP contribution is -2.31. The van der Waals surface area contributed by atoms with Crippen molar-refractivity contribution in [2.45, 2.75) is 32.1 Å². The largest absolute Gasteiger partial charge is 0.484 e. The maximum Gasteiger partial charge on any atom is 0.257 e. The van der Waals surface area contributed by atoms with Gasteiger partial charge in [0.05, 0.1) is 0 Å². The van der Waals surface area contributed by atoms with Gasteiger partial charge in [0, 0.05) is 6.54 Å². The number of rotatable bonds is 6. The summed E-state index contributed by atoms with van der Waals surface area (Å²) in [5.41, 5.74) is 4.01. The zero-order chi connectivity index (χ0) is 16.1. The molecule has 1 atom stereocenters. The molecule has 2 aromatic rings. The summed E-state index contributed by atoms with van der Waals surface area (Å²) in [6.45, 7) is 2.80. The summed E-state index contributed by atoms with van der Waals surface area (Å²) in [4.78, 5) is 11.9. The summed E-state index contributed by atoms with van der Waals surface area (Å²) in [6.07, 6.45) is 3.50. The van der Waals surface area contributed by atoms with E-state index in [1.165, 1.54) is 23.1 Å². The maximum atomic E-state index is 11.9. The van der Waals surface area contributed by atoms with Crippen LogP contribution >= 0.6 is 0 Å². The van der Waals surface area contributed by atoms with E-state index in [0.717, 1.165) is 18.6 Å². The van der Waals surface area contributed by atoms with Crippen molar-refractivity contribution in [1.82, 2.24) is 5.32 Å². The monoisotopic (exact) mass is 309 g/mol. The highest BCUT2D eigenvalue weighted by Gasteiger charge is 2.12. The van der Waals surface area contributed by atoms with E-state index in [0.29, 0.717) is 12.5 Å². The first-order valence-electron chi connectivity index (χ1n) is 8.28. The van der Waals surface area contributed by atoms with Gasteiger partial charge in [0.2, 0.25) is 0 Å². The molecule has 0 unspecified atom stereocenters. The fraction of sp³-hybridized carbons (Fsp3) is 0.350. The van der Waals surface area contributed by atoms with Gasteiger partial charge in [-0.3, -0.25) is 4.79 Å². The molecular formula is C20H23NO2. The molecule has 0 heterocycles. The molecule has 1 N–H and O–H groups in total. The molecule has 120 valence electrons. The third-order valence-corrected chi connectivity index (χ3v) is 4.41. The highest BCUT2D eigenvalue weighted by Crippen LogP contribution is 2.25. The van der Waals surface area contributed by atoms with Crippen molar-refractivity contribution in [3.63, 3.8) is 0 Å². The molecule has 0 bridgehead atoms. The van der Waals surface area contributed by atoms with Gasteiger partial charge in [0.15, 0.2) is 6.61 Å².